The summed E-state index contributed by atoms with van der Waals surface area (Å²) < 4.78 is 0. The molecule has 0 bridgehead atoms. The predicted octanol–water partition coefficient (Wildman–Crippen LogP) is 1.47. The number of benzene rings is 1. The molecule has 6 nitrogen and oxygen atoms in total. The molecule has 1 atom stereocenters. The lowest BCUT2D eigenvalue weighted by atomic mass is 9.84. The van der Waals surface area contributed by atoms with Crippen molar-refractivity contribution in [3.8, 4) is 0 Å². The molecule has 6 heteroatoms. The third-order valence-electron chi connectivity index (χ3n) is 2.75. The van der Waals surface area contributed by atoms with Crippen molar-refractivity contribution in [2.45, 2.75) is 12.5 Å². The molecule has 1 aliphatic rings. The molecule has 0 saturated heterocycles. The maximum Gasteiger partial charge on any atom is 0.463 e. The quantitative estimate of drug-likeness (QED) is 0.637. The van der Waals surface area contributed by atoms with E-state index in [9.17, 15) is 15.0 Å². The van der Waals surface area contributed by atoms with Gasteiger partial charge in [-0.15, -0.1) is 0 Å². The smallest absolute Gasteiger partial charge is 0.463 e. The lowest BCUT2D eigenvalue weighted by Crippen LogP contribution is -2.40. The number of diazo groups is 1. The number of aliphatic hydroxyl groups is 2. The molecule has 3 N–H and O–H groups in total. The number of nitrogens with zero attached hydrogens (tertiary/aromatic N) is 2. The van der Waals surface area contributed by atoms with Crippen molar-refractivity contribution in [1.82, 2.24) is 0 Å². The van der Waals surface area contributed by atoms with Crippen LogP contribution in [0.15, 0.2) is 35.8 Å². The zero-order valence-corrected chi connectivity index (χ0v) is 9.01. The molecule has 1 unspecified atom stereocenters. The van der Waals surface area contributed by atoms with Gasteiger partial charge in [0.1, 0.15) is 0 Å². The molecule has 0 radical (unpaired) electrons. The average molecular weight is 232 g/mol. The molecule has 17 heavy (non-hydrogen) atoms. The summed E-state index contributed by atoms with van der Waals surface area (Å²) in [4.78, 5) is 14.4. The van der Waals surface area contributed by atoms with Crippen LogP contribution in [-0.4, -0.2) is 16.0 Å². The zero-order valence-electron chi connectivity index (χ0n) is 9.01. The highest BCUT2D eigenvalue weighted by atomic mass is 16.3. The number of carbonyl (C=O) groups is 1. The highest BCUT2D eigenvalue weighted by Gasteiger charge is 2.55. The molecule has 2 rings (SSSR count). The Balaban J connectivity index is 2.78. The normalized spacial score (nSPS) is 22.4. The minimum atomic E-state index is -2.14. The molecule has 0 aromatic heterocycles. The number of nitrogens with one attached hydrogen (secondary N) is 1. The number of fused-ring (bicyclic) bond motifs is 1. The van der Waals surface area contributed by atoms with E-state index in [-0.39, 0.29) is 5.56 Å². The first-order chi connectivity index (χ1) is 8.01. The van der Waals surface area contributed by atoms with Gasteiger partial charge in [-0.25, -0.2) is 0 Å². The summed E-state index contributed by atoms with van der Waals surface area (Å²) in [5.74, 6) is -1.20. The second-order valence-electron chi connectivity index (χ2n) is 3.73. The van der Waals surface area contributed by atoms with Gasteiger partial charge in [-0.2, -0.15) is 0 Å². The number of para-hydroxylation sites is 1. The molecular formula is C11H10N3O3+. The summed E-state index contributed by atoms with van der Waals surface area (Å²) in [6.45, 7) is 1.15. The van der Waals surface area contributed by atoms with Crippen LogP contribution in [0.25, 0.3) is 4.98 Å². The van der Waals surface area contributed by atoms with Crippen molar-refractivity contribution in [3.63, 3.8) is 0 Å². The summed E-state index contributed by atoms with van der Waals surface area (Å²) in [5.41, 5.74) is -2.03. The van der Waals surface area contributed by atoms with E-state index < -0.39 is 23.0 Å². The fourth-order valence-electron chi connectivity index (χ4n) is 1.87. The van der Waals surface area contributed by atoms with E-state index in [0.29, 0.717) is 5.69 Å². The molecule has 1 heterocycles. The van der Waals surface area contributed by atoms with Crippen LogP contribution < -0.4 is 5.32 Å². The Morgan fingerprint density at radius 3 is 2.71 bits per heavy atom. The van der Waals surface area contributed by atoms with E-state index in [4.69, 9.17) is 5.39 Å². The fraction of sp³-hybridized carbons (Fsp3) is 0.182. The Bertz CT molecular complexity index is 574. The maximum absolute atomic E-state index is 11.6. The van der Waals surface area contributed by atoms with Crippen molar-refractivity contribution >= 4 is 11.5 Å². The van der Waals surface area contributed by atoms with Crippen LogP contribution in [0.2, 0.25) is 0 Å². The largest absolute Gasteiger partial charge is 0.489 e. The Kier molecular flexibility index (Phi) is 2.33. The Morgan fingerprint density at radius 2 is 2.12 bits per heavy atom. The molecule has 0 aliphatic carbocycles. The van der Waals surface area contributed by atoms with Gasteiger partial charge in [-0.05, 0) is 13.0 Å². The molecule has 1 aliphatic heterocycles. The number of anilines is 1. The molecule has 0 spiro atoms. The number of carbonyl (C=O) groups excluding carboxylic acids is 1. The summed E-state index contributed by atoms with van der Waals surface area (Å²) >= 11 is 0. The first kappa shape index (κ1) is 11.1. The summed E-state index contributed by atoms with van der Waals surface area (Å²) in [5, 5.41) is 31.3. The predicted molar refractivity (Wildman–Crippen MR) is 59.4 cm³/mol. The van der Waals surface area contributed by atoms with Crippen molar-refractivity contribution in [3.05, 3.63) is 46.4 Å². The summed E-state index contributed by atoms with van der Waals surface area (Å²) in [7, 11) is 0. The van der Waals surface area contributed by atoms with E-state index >= 15 is 0 Å². The standard InChI is InChI=1S/C11H9N3O3/c1-6(15)11(17)7-4-2-3-5-8(7)13-10(16)9(11)14-12/h2-5,13,17H,1H3/p+1. The Morgan fingerprint density at radius 1 is 1.47 bits per heavy atom. The Labute approximate surface area is 96.8 Å². The van der Waals surface area contributed by atoms with Crippen molar-refractivity contribution in [2.75, 3.05) is 5.32 Å². The molecule has 1 aromatic rings. The summed E-state index contributed by atoms with van der Waals surface area (Å²) in [6, 6.07) is 6.42. The van der Waals surface area contributed by atoms with E-state index in [0.717, 1.165) is 6.92 Å². The first-order valence-electron chi connectivity index (χ1n) is 4.90. The molecule has 0 fully saturated rings. The maximum atomic E-state index is 11.6. The number of ketones is 1. The number of rotatable bonds is 1. The van der Waals surface area contributed by atoms with Gasteiger partial charge in [0.15, 0.2) is 10.8 Å². The third-order valence-corrected chi connectivity index (χ3v) is 2.75. The van der Waals surface area contributed by atoms with Crippen LogP contribution in [0.4, 0.5) is 5.69 Å². The second-order valence-corrected chi connectivity index (χ2v) is 3.73. The van der Waals surface area contributed by atoms with E-state index in [1.807, 2.05) is 0 Å². The molecule has 1 aromatic carbocycles. The van der Waals surface area contributed by atoms with Crippen LogP contribution in [-0.2, 0) is 10.4 Å². The van der Waals surface area contributed by atoms with Crippen molar-refractivity contribution < 1.29 is 15.0 Å². The SMILES string of the molecule is CC(=O)C1(O)C([N+]#N)=C(O)Nc2ccccc21. The number of Topliss-reactive ketones (excluding diaryl/α,β-unsaturated/α-hetero) is 1. The van der Waals surface area contributed by atoms with E-state index in [2.05, 4.69) is 10.3 Å². The van der Waals surface area contributed by atoms with Gasteiger partial charge in [-0.3, -0.25) is 4.79 Å². The van der Waals surface area contributed by atoms with E-state index in [1.165, 1.54) is 6.07 Å². The minimum absolute atomic E-state index is 0.234. The highest BCUT2D eigenvalue weighted by Crippen LogP contribution is 2.41. The van der Waals surface area contributed by atoms with Crippen molar-refractivity contribution in [1.29, 1.82) is 5.39 Å². The van der Waals surface area contributed by atoms with Crippen LogP contribution in [0, 0.1) is 5.39 Å². The zero-order chi connectivity index (χ0) is 12.6. The molecule has 86 valence electrons. The minimum Gasteiger partial charge on any atom is -0.489 e. The van der Waals surface area contributed by atoms with E-state index in [1.54, 1.807) is 18.2 Å². The number of aliphatic hydroxyl groups excluding tert-OH is 1. The number of hydrogen-bond acceptors (Lipinski definition) is 5. The molecular weight excluding hydrogens is 222 g/mol. The summed E-state index contributed by atoms with van der Waals surface area (Å²) in [6.07, 6.45) is 0. The monoisotopic (exact) mass is 232 g/mol. The molecule has 0 amide bonds. The Hall–Kier alpha value is -2.39. The van der Waals surface area contributed by atoms with Crippen LogP contribution in [0.3, 0.4) is 0 Å². The van der Waals surface area contributed by atoms with Gasteiger partial charge in [0.25, 0.3) is 11.5 Å². The second kappa shape index (κ2) is 3.57. The topological polar surface area (TPSA) is 97.7 Å². The van der Waals surface area contributed by atoms with Crippen LogP contribution in [0.5, 0.6) is 0 Å². The van der Waals surface area contributed by atoms with Gasteiger partial charge in [-0.1, -0.05) is 18.2 Å². The van der Waals surface area contributed by atoms with Crippen LogP contribution in [0.1, 0.15) is 12.5 Å². The van der Waals surface area contributed by atoms with Gasteiger partial charge in [0.05, 0.1) is 0 Å². The number of hydrogen-bond donors (Lipinski definition) is 3. The molecule has 0 saturated carbocycles. The van der Waals surface area contributed by atoms with Gasteiger partial charge in [0, 0.05) is 11.3 Å². The lowest BCUT2D eigenvalue weighted by molar-refractivity contribution is -0.132. The van der Waals surface area contributed by atoms with Crippen molar-refractivity contribution in [2.24, 2.45) is 0 Å². The van der Waals surface area contributed by atoms with Gasteiger partial charge < -0.3 is 15.5 Å². The average Bonchev–Trinajstić information content (AvgIpc) is 2.29. The van der Waals surface area contributed by atoms with Gasteiger partial charge >= 0.3 is 5.70 Å². The fourth-order valence-corrected chi connectivity index (χ4v) is 1.87. The third kappa shape index (κ3) is 1.37. The van der Waals surface area contributed by atoms with Crippen LogP contribution >= 0.6 is 0 Å². The first-order valence-corrected chi connectivity index (χ1v) is 4.90. The van der Waals surface area contributed by atoms with Gasteiger partial charge in [0.2, 0.25) is 5.39 Å². The highest BCUT2D eigenvalue weighted by molar-refractivity contribution is 5.93. The lowest BCUT2D eigenvalue weighted by Gasteiger charge is -2.25.